The maximum Gasteiger partial charge on any atom is 0.191 e. The standard InChI is InChI=1S/C14H30N4O/c1-5-7-16-13(15-6-2)17-12-14(3,4)18-8-10-19-11-9-18/h5-12H2,1-4H3,(H2,15,16,17). The molecule has 0 radical (unpaired) electrons. The zero-order valence-corrected chi connectivity index (χ0v) is 13.0. The molecule has 0 unspecified atom stereocenters. The highest BCUT2D eigenvalue weighted by atomic mass is 16.5. The maximum absolute atomic E-state index is 5.41. The number of guanidine groups is 1. The van der Waals surface area contributed by atoms with Crippen LogP contribution in [0.3, 0.4) is 0 Å². The molecule has 0 amide bonds. The fourth-order valence-electron chi connectivity index (χ4n) is 2.13. The lowest BCUT2D eigenvalue weighted by molar-refractivity contribution is -0.00683. The number of hydrogen-bond donors (Lipinski definition) is 2. The number of ether oxygens (including phenoxy) is 1. The topological polar surface area (TPSA) is 48.9 Å². The molecule has 0 aromatic rings. The van der Waals surface area contributed by atoms with Crippen molar-refractivity contribution in [1.29, 1.82) is 0 Å². The number of rotatable bonds is 6. The molecule has 1 aliphatic rings. The van der Waals surface area contributed by atoms with Gasteiger partial charge in [0, 0.05) is 31.7 Å². The SMILES string of the molecule is CCCNC(=NCC(C)(C)N1CCOCC1)NCC. The van der Waals surface area contributed by atoms with Crippen LogP contribution in [0.5, 0.6) is 0 Å². The van der Waals surface area contributed by atoms with E-state index in [0.717, 1.165) is 58.3 Å². The lowest BCUT2D eigenvalue weighted by atomic mass is 10.0. The molecule has 19 heavy (non-hydrogen) atoms. The molecule has 1 saturated heterocycles. The first-order chi connectivity index (χ1) is 9.10. The third-order valence-electron chi connectivity index (χ3n) is 3.38. The van der Waals surface area contributed by atoms with Gasteiger partial charge in [-0.3, -0.25) is 9.89 Å². The number of aliphatic imine (C=N–C) groups is 1. The Morgan fingerprint density at radius 1 is 1.21 bits per heavy atom. The molecule has 1 aliphatic heterocycles. The summed E-state index contributed by atoms with van der Waals surface area (Å²) in [5.41, 5.74) is 0.0817. The molecule has 1 rings (SSSR count). The van der Waals surface area contributed by atoms with Crippen LogP contribution < -0.4 is 10.6 Å². The summed E-state index contributed by atoms with van der Waals surface area (Å²) in [5.74, 6) is 0.922. The van der Waals surface area contributed by atoms with Crippen LogP contribution in [0.2, 0.25) is 0 Å². The lowest BCUT2D eigenvalue weighted by Crippen LogP contribution is -2.52. The van der Waals surface area contributed by atoms with Crippen LogP contribution in [0, 0.1) is 0 Å². The van der Waals surface area contributed by atoms with Gasteiger partial charge in [-0.25, -0.2) is 0 Å². The van der Waals surface area contributed by atoms with Crippen LogP contribution in [0.4, 0.5) is 0 Å². The predicted octanol–water partition coefficient (Wildman–Crippen LogP) is 1.06. The van der Waals surface area contributed by atoms with E-state index < -0.39 is 0 Å². The van der Waals surface area contributed by atoms with Crippen LogP contribution in [0.1, 0.15) is 34.1 Å². The summed E-state index contributed by atoms with van der Waals surface area (Å²) in [6.07, 6.45) is 1.11. The van der Waals surface area contributed by atoms with Gasteiger partial charge in [-0.15, -0.1) is 0 Å². The van der Waals surface area contributed by atoms with Crippen LogP contribution in [0.15, 0.2) is 4.99 Å². The Balaban J connectivity index is 2.52. The van der Waals surface area contributed by atoms with Crippen molar-refractivity contribution in [3.05, 3.63) is 0 Å². The first kappa shape index (κ1) is 16.2. The number of nitrogens with one attached hydrogen (secondary N) is 2. The minimum absolute atomic E-state index is 0.0817. The molecule has 1 fully saturated rings. The Kier molecular flexibility index (Phi) is 7.16. The maximum atomic E-state index is 5.41. The lowest BCUT2D eigenvalue weighted by Gasteiger charge is -2.39. The minimum atomic E-state index is 0.0817. The zero-order valence-electron chi connectivity index (χ0n) is 13.0. The fourth-order valence-corrected chi connectivity index (χ4v) is 2.13. The number of morpholine rings is 1. The second-order valence-corrected chi connectivity index (χ2v) is 5.53. The fraction of sp³-hybridized carbons (Fsp3) is 0.929. The van der Waals surface area contributed by atoms with Crippen LogP contribution in [0.25, 0.3) is 0 Å². The van der Waals surface area contributed by atoms with Crippen molar-refractivity contribution in [3.63, 3.8) is 0 Å². The molecular formula is C14H30N4O. The molecule has 1 heterocycles. The van der Waals surface area contributed by atoms with Crippen LogP contribution in [-0.2, 0) is 4.74 Å². The first-order valence-corrected chi connectivity index (χ1v) is 7.45. The molecule has 0 aliphatic carbocycles. The van der Waals surface area contributed by atoms with E-state index in [2.05, 4.69) is 43.2 Å². The second-order valence-electron chi connectivity index (χ2n) is 5.53. The monoisotopic (exact) mass is 270 g/mol. The molecule has 5 heteroatoms. The van der Waals surface area contributed by atoms with E-state index >= 15 is 0 Å². The van der Waals surface area contributed by atoms with Gasteiger partial charge < -0.3 is 15.4 Å². The summed E-state index contributed by atoms with van der Waals surface area (Å²) >= 11 is 0. The van der Waals surface area contributed by atoms with Crippen LogP contribution in [-0.4, -0.2) is 62.3 Å². The minimum Gasteiger partial charge on any atom is -0.379 e. The smallest absolute Gasteiger partial charge is 0.191 e. The largest absolute Gasteiger partial charge is 0.379 e. The molecule has 0 aromatic carbocycles. The average Bonchev–Trinajstić information content (AvgIpc) is 2.43. The highest BCUT2D eigenvalue weighted by Crippen LogP contribution is 2.16. The Morgan fingerprint density at radius 3 is 2.47 bits per heavy atom. The van der Waals surface area contributed by atoms with Gasteiger partial charge in [0.05, 0.1) is 19.8 Å². The third kappa shape index (κ3) is 5.78. The van der Waals surface area contributed by atoms with Crippen LogP contribution >= 0.6 is 0 Å². The summed E-state index contributed by atoms with van der Waals surface area (Å²) in [5, 5.41) is 6.63. The van der Waals surface area contributed by atoms with Crippen molar-refractivity contribution >= 4 is 5.96 Å². The van der Waals surface area contributed by atoms with Crippen molar-refractivity contribution in [3.8, 4) is 0 Å². The van der Waals surface area contributed by atoms with Crippen molar-refractivity contribution in [1.82, 2.24) is 15.5 Å². The van der Waals surface area contributed by atoms with E-state index in [1.165, 1.54) is 0 Å². The Hall–Kier alpha value is -0.810. The van der Waals surface area contributed by atoms with Gasteiger partial charge in [0.25, 0.3) is 0 Å². The van der Waals surface area contributed by atoms with Crippen molar-refractivity contribution in [2.45, 2.75) is 39.7 Å². The normalized spacial score (nSPS) is 18.4. The van der Waals surface area contributed by atoms with Crippen molar-refractivity contribution in [2.75, 3.05) is 45.9 Å². The summed E-state index contributed by atoms with van der Waals surface area (Å²) in [6, 6.07) is 0. The number of hydrogen-bond acceptors (Lipinski definition) is 3. The second kappa shape index (κ2) is 8.38. The molecule has 0 spiro atoms. The predicted molar refractivity (Wildman–Crippen MR) is 80.7 cm³/mol. The molecule has 0 bridgehead atoms. The third-order valence-corrected chi connectivity index (χ3v) is 3.38. The summed E-state index contributed by atoms with van der Waals surface area (Å²) in [4.78, 5) is 7.17. The van der Waals surface area contributed by atoms with E-state index in [9.17, 15) is 0 Å². The average molecular weight is 270 g/mol. The summed E-state index contributed by atoms with van der Waals surface area (Å²) in [6.45, 7) is 15.1. The molecular weight excluding hydrogens is 240 g/mol. The Bertz CT molecular complexity index is 273. The van der Waals surface area contributed by atoms with Gasteiger partial charge in [0.2, 0.25) is 0 Å². The van der Waals surface area contributed by atoms with Gasteiger partial charge in [-0.1, -0.05) is 6.92 Å². The molecule has 5 nitrogen and oxygen atoms in total. The molecule has 0 atom stereocenters. The first-order valence-electron chi connectivity index (χ1n) is 7.45. The molecule has 112 valence electrons. The Labute approximate surface area is 117 Å². The van der Waals surface area contributed by atoms with E-state index in [1.54, 1.807) is 0 Å². The summed E-state index contributed by atoms with van der Waals surface area (Å²) in [7, 11) is 0. The van der Waals surface area contributed by atoms with Gasteiger partial charge in [-0.05, 0) is 27.2 Å². The zero-order chi connectivity index (χ0) is 14.1. The molecule has 0 saturated carbocycles. The Morgan fingerprint density at radius 2 is 1.89 bits per heavy atom. The van der Waals surface area contributed by atoms with Gasteiger partial charge in [-0.2, -0.15) is 0 Å². The quantitative estimate of drug-likeness (QED) is 0.560. The van der Waals surface area contributed by atoms with Crippen molar-refractivity contribution < 1.29 is 4.74 Å². The number of nitrogens with zero attached hydrogens (tertiary/aromatic N) is 2. The van der Waals surface area contributed by atoms with E-state index in [4.69, 9.17) is 9.73 Å². The van der Waals surface area contributed by atoms with E-state index in [1.807, 2.05) is 0 Å². The molecule has 0 aromatic heterocycles. The van der Waals surface area contributed by atoms with Crippen molar-refractivity contribution in [2.24, 2.45) is 4.99 Å². The molecule has 2 N–H and O–H groups in total. The van der Waals surface area contributed by atoms with E-state index in [-0.39, 0.29) is 5.54 Å². The van der Waals surface area contributed by atoms with Gasteiger partial charge in [0.1, 0.15) is 0 Å². The highest BCUT2D eigenvalue weighted by molar-refractivity contribution is 5.79. The highest BCUT2D eigenvalue weighted by Gasteiger charge is 2.27. The van der Waals surface area contributed by atoms with Gasteiger partial charge >= 0.3 is 0 Å². The van der Waals surface area contributed by atoms with E-state index in [0.29, 0.717) is 0 Å². The summed E-state index contributed by atoms with van der Waals surface area (Å²) < 4.78 is 5.41. The van der Waals surface area contributed by atoms with Gasteiger partial charge in [0.15, 0.2) is 5.96 Å².